The monoisotopic (exact) mass is 357 g/mol. The van der Waals surface area contributed by atoms with Crippen LogP contribution in [0.15, 0.2) is 90.3 Å². The Balaban J connectivity index is 2.45. The number of nitrogens with zero attached hydrogens (tertiary/aromatic N) is 1. The number of pyridine rings is 1. The molecule has 1 heteroatoms. The van der Waals surface area contributed by atoms with E-state index in [1.807, 2.05) is 25.4 Å². The lowest BCUT2D eigenvalue weighted by Gasteiger charge is -2.12. The number of aryl methyl sites for hydroxylation is 1. The highest BCUT2D eigenvalue weighted by molar-refractivity contribution is 5.75. The highest BCUT2D eigenvalue weighted by atomic mass is 14.6. The maximum atomic E-state index is 4.32. The van der Waals surface area contributed by atoms with Gasteiger partial charge in [0.15, 0.2) is 0 Å². The second kappa shape index (κ2) is 10.5. The Morgan fingerprint density at radius 2 is 1.89 bits per heavy atom. The van der Waals surface area contributed by atoms with Gasteiger partial charge in [0, 0.05) is 12.4 Å². The topological polar surface area (TPSA) is 12.9 Å². The molecule has 0 saturated heterocycles. The van der Waals surface area contributed by atoms with E-state index in [2.05, 4.69) is 93.4 Å². The molecule has 2 rings (SSSR count). The zero-order valence-corrected chi connectivity index (χ0v) is 17.2. The summed E-state index contributed by atoms with van der Waals surface area (Å²) in [7, 11) is 0. The maximum Gasteiger partial charge on any atom is 0.0346 e. The summed E-state index contributed by atoms with van der Waals surface area (Å²) in [6, 6.07) is 12.9. The van der Waals surface area contributed by atoms with Crippen molar-refractivity contribution in [1.82, 2.24) is 4.98 Å². The molecule has 1 atom stereocenters. The molecule has 2 aromatic rings. The average molecular weight is 358 g/mol. The summed E-state index contributed by atoms with van der Waals surface area (Å²) in [5.41, 5.74) is 7.63. The molecule has 0 saturated carbocycles. The molecule has 0 N–H and O–H groups in total. The molecule has 1 heterocycles. The van der Waals surface area contributed by atoms with Crippen molar-refractivity contribution < 1.29 is 0 Å². The van der Waals surface area contributed by atoms with Gasteiger partial charge < -0.3 is 0 Å². The van der Waals surface area contributed by atoms with Gasteiger partial charge in [0.1, 0.15) is 0 Å². The standard InChI is InChI=1S/C26H31N/c1-6-8-10-23(7-2)21(4)17-26(25-11-9-16-27-19-25)18-22(5)24-14-12-20(3)13-15-24/h6,8-19,22H,7H2,1-5H3/b8-6-,21-17+,23-10+,26-18+. The van der Waals surface area contributed by atoms with Gasteiger partial charge >= 0.3 is 0 Å². The molecule has 140 valence electrons. The fourth-order valence-electron chi connectivity index (χ4n) is 3.06. The van der Waals surface area contributed by atoms with Gasteiger partial charge in [-0.25, -0.2) is 0 Å². The van der Waals surface area contributed by atoms with Crippen LogP contribution < -0.4 is 0 Å². The lowest BCUT2D eigenvalue weighted by molar-refractivity contribution is 0.968. The molecule has 0 bridgehead atoms. The van der Waals surface area contributed by atoms with Crippen molar-refractivity contribution in [2.75, 3.05) is 0 Å². The predicted octanol–water partition coefficient (Wildman–Crippen LogP) is 7.44. The van der Waals surface area contributed by atoms with Crippen molar-refractivity contribution in [2.45, 2.75) is 47.0 Å². The number of hydrogen-bond acceptors (Lipinski definition) is 1. The molecule has 1 unspecified atom stereocenters. The van der Waals surface area contributed by atoms with Crippen LogP contribution in [0.25, 0.3) is 5.57 Å². The second-order valence-corrected chi connectivity index (χ2v) is 6.96. The van der Waals surface area contributed by atoms with Crippen molar-refractivity contribution in [3.8, 4) is 0 Å². The van der Waals surface area contributed by atoms with Crippen LogP contribution in [0.2, 0.25) is 0 Å². The summed E-state index contributed by atoms with van der Waals surface area (Å²) in [6.45, 7) is 10.8. The quantitative estimate of drug-likeness (QED) is 0.469. The van der Waals surface area contributed by atoms with Gasteiger partial charge in [-0.1, -0.05) is 80.1 Å². The van der Waals surface area contributed by atoms with Gasteiger partial charge in [-0.05, 0) is 67.0 Å². The van der Waals surface area contributed by atoms with E-state index in [-0.39, 0.29) is 0 Å². The Morgan fingerprint density at radius 3 is 2.48 bits per heavy atom. The van der Waals surface area contributed by atoms with E-state index in [0.717, 1.165) is 12.0 Å². The van der Waals surface area contributed by atoms with Crippen molar-refractivity contribution in [2.24, 2.45) is 0 Å². The first-order valence-corrected chi connectivity index (χ1v) is 9.74. The molecule has 0 spiro atoms. The molecule has 1 aromatic carbocycles. The average Bonchev–Trinajstić information content (AvgIpc) is 2.69. The Kier molecular flexibility index (Phi) is 8.00. The first-order chi connectivity index (χ1) is 13.0. The molecule has 0 fully saturated rings. The summed E-state index contributed by atoms with van der Waals surface area (Å²) in [5.74, 6) is 0.328. The lowest BCUT2D eigenvalue weighted by Crippen LogP contribution is -1.93. The second-order valence-electron chi connectivity index (χ2n) is 6.96. The minimum absolute atomic E-state index is 0.328. The van der Waals surface area contributed by atoms with Gasteiger partial charge in [0.25, 0.3) is 0 Å². The Bertz CT molecular complexity index is 834. The van der Waals surface area contributed by atoms with E-state index >= 15 is 0 Å². The fraction of sp³-hybridized carbons (Fsp3) is 0.269. The van der Waals surface area contributed by atoms with Gasteiger partial charge in [-0.3, -0.25) is 4.98 Å². The number of aromatic nitrogens is 1. The number of allylic oxidation sites excluding steroid dienone is 8. The SMILES string of the molecule is C\C=C/C=C(CC)/C(C)=C/C(=C\C(C)c1ccc(C)cc1)c1cccnc1. The van der Waals surface area contributed by atoms with E-state index in [9.17, 15) is 0 Å². The molecule has 0 amide bonds. The van der Waals surface area contributed by atoms with Crippen molar-refractivity contribution in [1.29, 1.82) is 0 Å². The van der Waals surface area contributed by atoms with Crippen LogP contribution in [0.3, 0.4) is 0 Å². The molecular weight excluding hydrogens is 326 g/mol. The van der Waals surface area contributed by atoms with Gasteiger partial charge in [0.2, 0.25) is 0 Å². The first-order valence-electron chi connectivity index (χ1n) is 9.74. The van der Waals surface area contributed by atoms with E-state index in [1.54, 1.807) is 0 Å². The van der Waals surface area contributed by atoms with E-state index < -0.39 is 0 Å². The smallest absolute Gasteiger partial charge is 0.0346 e. The predicted molar refractivity (Wildman–Crippen MR) is 119 cm³/mol. The third-order valence-corrected chi connectivity index (χ3v) is 4.78. The highest BCUT2D eigenvalue weighted by Gasteiger charge is 2.07. The molecule has 0 aliphatic carbocycles. The summed E-state index contributed by atoms with van der Waals surface area (Å²) in [4.78, 5) is 4.32. The zero-order chi connectivity index (χ0) is 19.6. The number of hydrogen-bond donors (Lipinski definition) is 0. The van der Waals surface area contributed by atoms with Gasteiger partial charge in [0.05, 0.1) is 0 Å². The van der Waals surface area contributed by atoms with Crippen LogP contribution in [0.1, 0.15) is 56.7 Å². The molecule has 1 aromatic heterocycles. The molecule has 0 aliphatic heterocycles. The van der Waals surface area contributed by atoms with Crippen LogP contribution in [0.5, 0.6) is 0 Å². The Morgan fingerprint density at radius 1 is 1.15 bits per heavy atom. The third kappa shape index (κ3) is 6.21. The van der Waals surface area contributed by atoms with Crippen LogP contribution in [-0.4, -0.2) is 4.98 Å². The van der Waals surface area contributed by atoms with Crippen LogP contribution in [0, 0.1) is 6.92 Å². The van der Waals surface area contributed by atoms with Crippen LogP contribution >= 0.6 is 0 Å². The number of rotatable bonds is 7. The summed E-state index contributed by atoms with van der Waals surface area (Å²) < 4.78 is 0. The molecule has 27 heavy (non-hydrogen) atoms. The summed E-state index contributed by atoms with van der Waals surface area (Å²) in [6.07, 6.45) is 15.8. The third-order valence-electron chi connectivity index (χ3n) is 4.78. The maximum absolute atomic E-state index is 4.32. The van der Waals surface area contributed by atoms with Crippen molar-refractivity contribution >= 4 is 5.57 Å². The minimum Gasteiger partial charge on any atom is -0.264 e. The van der Waals surface area contributed by atoms with E-state index in [1.165, 1.54) is 27.8 Å². The minimum atomic E-state index is 0.328. The van der Waals surface area contributed by atoms with Crippen LogP contribution in [0.4, 0.5) is 0 Å². The van der Waals surface area contributed by atoms with Crippen molar-refractivity contribution in [3.63, 3.8) is 0 Å². The Labute approximate surface area is 164 Å². The Hall–Kier alpha value is -2.67. The molecular formula is C26H31N. The molecule has 0 aliphatic rings. The molecule has 1 nitrogen and oxygen atoms in total. The highest BCUT2D eigenvalue weighted by Crippen LogP contribution is 2.27. The van der Waals surface area contributed by atoms with E-state index in [0.29, 0.717) is 5.92 Å². The fourth-order valence-corrected chi connectivity index (χ4v) is 3.06. The summed E-state index contributed by atoms with van der Waals surface area (Å²) >= 11 is 0. The van der Waals surface area contributed by atoms with Gasteiger partial charge in [-0.2, -0.15) is 0 Å². The molecule has 0 radical (unpaired) electrons. The normalized spacial score (nSPS) is 14.6. The zero-order valence-electron chi connectivity index (χ0n) is 17.2. The first kappa shape index (κ1) is 20.6. The summed E-state index contributed by atoms with van der Waals surface area (Å²) in [5, 5.41) is 0. The largest absolute Gasteiger partial charge is 0.264 e. The van der Waals surface area contributed by atoms with Crippen molar-refractivity contribution in [3.05, 3.63) is 107 Å². The lowest BCUT2D eigenvalue weighted by atomic mass is 9.93. The van der Waals surface area contributed by atoms with Gasteiger partial charge in [-0.15, -0.1) is 0 Å². The van der Waals surface area contributed by atoms with E-state index in [4.69, 9.17) is 0 Å². The number of benzene rings is 1. The van der Waals surface area contributed by atoms with Crippen LogP contribution in [-0.2, 0) is 0 Å².